The summed E-state index contributed by atoms with van der Waals surface area (Å²) in [5.41, 5.74) is 3.37. The van der Waals surface area contributed by atoms with E-state index in [-0.39, 0.29) is 12.0 Å². The second-order valence-electron chi connectivity index (χ2n) is 8.69. The normalized spacial score (nSPS) is 19.6. The molecule has 28 heavy (non-hydrogen) atoms. The van der Waals surface area contributed by atoms with Crippen molar-refractivity contribution in [3.63, 3.8) is 0 Å². The van der Waals surface area contributed by atoms with Crippen LogP contribution in [-0.2, 0) is 16.8 Å². The lowest BCUT2D eigenvalue weighted by Crippen LogP contribution is -2.53. The Hall–Kier alpha value is -2.18. The highest BCUT2D eigenvalue weighted by atomic mass is 16.4. The zero-order chi connectivity index (χ0) is 20.3. The third-order valence-electron chi connectivity index (χ3n) is 5.48. The van der Waals surface area contributed by atoms with Gasteiger partial charge in [-0.05, 0) is 31.5 Å². The average molecular weight is 385 g/mol. The molecule has 1 aromatic heterocycles. The van der Waals surface area contributed by atoms with E-state index in [1.807, 2.05) is 29.8 Å². The number of para-hydroxylation sites is 1. The van der Waals surface area contributed by atoms with E-state index in [0.717, 1.165) is 37.3 Å². The molecule has 6 nitrogen and oxygen atoms in total. The van der Waals surface area contributed by atoms with Gasteiger partial charge in [-0.2, -0.15) is 5.10 Å². The predicted octanol–water partition coefficient (Wildman–Crippen LogP) is 3.20. The first-order chi connectivity index (χ1) is 13.3. The predicted molar refractivity (Wildman–Crippen MR) is 111 cm³/mol. The molecule has 1 aromatic carbocycles. The number of nitrogens with zero attached hydrogens (tertiary/aromatic N) is 3. The molecule has 0 radical (unpaired) electrons. The maximum atomic E-state index is 11.0. The van der Waals surface area contributed by atoms with E-state index in [1.165, 1.54) is 5.56 Å². The van der Waals surface area contributed by atoms with Crippen molar-refractivity contribution in [2.45, 2.75) is 64.6 Å². The number of hydrogen-bond acceptors (Lipinski definition) is 4. The fourth-order valence-corrected chi connectivity index (χ4v) is 3.86. The van der Waals surface area contributed by atoms with Crippen LogP contribution in [0.2, 0.25) is 0 Å². The average Bonchev–Trinajstić information content (AvgIpc) is 3.04. The van der Waals surface area contributed by atoms with Crippen molar-refractivity contribution in [3.05, 3.63) is 47.8 Å². The maximum absolute atomic E-state index is 11.0. The summed E-state index contributed by atoms with van der Waals surface area (Å²) in [6, 6.07) is 11.0. The molecule has 0 unspecified atom stereocenters. The number of hydrogen-bond donors (Lipinski definition) is 2. The molecule has 152 valence electrons. The third kappa shape index (κ3) is 4.80. The first-order valence-corrected chi connectivity index (χ1v) is 10.1. The second kappa shape index (κ2) is 8.45. The van der Waals surface area contributed by atoms with Gasteiger partial charge in [0.25, 0.3) is 0 Å². The molecular weight excluding hydrogens is 352 g/mol. The number of carbonyl (C=O) groups is 1. The fraction of sp³-hybridized carbons (Fsp3) is 0.545. The minimum absolute atomic E-state index is 0.0281. The van der Waals surface area contributed by atoms with Gasteiger partial charge in [0.05, 0.1) is 17.9 Å². The van der Waals surface area contributed by atoms with E-state index in [4.69, 9.17) is 10.2 Å². The summed E-state index contributed by atoms with van der Waals surface area (Å²) in [6.07, 6.45) is 4.12. The molecule has 2 N–H and O–H groups in total. The second-order valence-corrected chi connectivity index (χ2v) is 8.69. The third-order valence-corrected chi connectivity index (χ3v) is 5.48. The molecule has 1 aliphatic rings. The lowest BCUT2D eigenvalue weighted by molar-refractivity contribution is -0.139. The number of nitrogens with one attached hydrogen (secondary N) is 1. The summed E-state index contributed by atoms with van der Waals surface area (Å²) in [5, 5.41) is 17.6. The van der Waals surface area contributed by atoms with E-state index in [0.29, 0.717) is 12.1 Å². The van der Waals surface area contributed by atoms with Crippen molar-refractivity contribution in [1.82, 2.24) is 20.0 Å². The van der Waals surface area contributed by atoms with Gasteiger partial charge in [-0.1, -0.05) is 45.9 Å². The summed E-state index contributed by atoms with van der Waals surface area (Å²) in [5.74, 6) is -0.749. The van der Waals surface area contributed by atoms with Crippen LogP contribution in [0.4, 0.5) is 0 Å². The summed E-state index contributed by atoms with van der Waals surface area (Å²) < 4.78 is 1.97. The van der Waals surface area contributed by atoms with Crippen LogP contribution >= 0.6 is 0 Å². The fourth-order valence-electron chi connectivity index (χ4n) is 3.86. The number of aliphatic carboxylic acids is 1. The van der Waals surface area contributed by atoms with Gasteiger partial charge in [0, 0.05) is 35.8 Å². The highest BCUT2D eigenvalue weighted by Gasteiger charge is 2.34. The first-order valence-electron chi connectivity index (χ1n) is 10.1. The van der Waals surface area contributed by atoms with Gasteiger partial charge in [-0.25, -0.2) is 4.68 Å². The number of carboxylic acid groups (broad SMARTS) is 1. The number of benzene rings is 1. The lowest BCUT2D eigenvalue weighted by Gasteiger charge is -2.42. The van der Waals surface area contributed by atoms with E-state index < -0.39 is 5.97 Å². The highest BCUT2D eigenvalue weighted by Crippen LogP contribution is 2.28. The van der Waals surface area contributed by atoms with Gasteiger partial charge in [-0.15, -0.1) is 0 Å². The lowest BCUT2D eigenvalue weighted by atomic mass is 9.84. The maximum Gasteiger partial charge on any atom is 0.317 e. The van der Waals surface area contributed by atoms with Crippen LogP contribution in [0.15, 0.2) is 36.5 Å². The van der Waals surface area contributed by atoms with Gasteiger partial charge in [0.1, 0.15) is 0 Å². The minimum Gasteiger partial charge on any atom is -0.480 e. The molecule has 3 rings (SSSR count). The Kier molecular flexibility index (Phi) is 6.20. The molecule has 0 aliphatic heterocycles. The number of rotatable bonds is 8. The van der Waals surface area contributed by atoms with E-state index >= 15 is 0 Å². The van der Waals surface area contributed by atoms with Crippen LogP contribution in [0.25, 0.3) is 5.69 Å². The summed E-state index contributed by atoms with van der Waals surface area (Å²) in [7, 11) is 0. The van der Waals surface area contributed by atoms with Crippen LogP contribution in [-0.4, -0.2) is 50.9 Å². The zero-order valence-electron chi connectivity index (χ0n) is 17.4. The minimum atomic E-state index is -0.749. The molecule has 2 aromatic rings. The Balaban J connectivity index is 1.63. The Labute approximate surface area is 167 Å². The molecule has 1 aliphatic carbocycles. The summed E-state index contributed by atoms with van der Waals surface area (Å²) >= 11 is 0. The van der Waals surface area contributed by atoms with Gasteiger partial charge in [0.2, 0.25) is 0 Å². The summed E-state index contributed by atoms with van der Waals surface area (Å²) in [6.45, 7) is 10.3. The molecule has 0 saturated heterocycles. The van der Waals surface area contributed by atoms with Crippen LogP contribution in [0.1, 0.15) is 51.8 Å². The van der Waals surface area contributed by atoms with Crippen molar-refractivity contribution in [1.29, 1.82) is 0 Å². The Morgan fingerprint density at radius 3 is 2.54 bits per heavy atom. The van der Waals surface area contributed by atoms with E-state index in [9.17, 15) is 4.79 Å². The smallest absolute Gasteiger partial charge is 0.317 e. The van der Waals surface area contributed by atoms with Gasteiger partial charge in [-0.3, -0.25) is 9.69 Å². The van der Waals surface area contributed by atoms with Gasteiger partial charge < -0.3 is 10.4 Å². The molecular formula is C22H32N4O2. The van der Waals surface area contributed by atoms with Crippen molar-refractivity contribution < 1.29 is 9.90 Å². The molecule has 1 saturated carbocycles. The summed E-state index contributed by atoms with van der Waals surface area (Å²) in [4.78, 5) is 13.0. The molecule has 6 heteroatoms. The first kappa shape index (κ1) is 20.6. The highest BCUT2D eigenvalue weighted by molar-refractivity contribution is 5.69. The SMILES string of the molecule is CCN(CC(=O)O)C1CC(NCc2cn(-c3ccccc3)nc2C(C)(C)C)C1. The molecule has 0 spiro atoms. The molecule has 0 bridgehead atoms. The monoisotopic (exact) mass is 384 g/mol. The molecule has 0 amide bonds. The van der Waals surface area contributed by atoms with Gasteiger partial charge >= 0.3 is 5.97 Å². The Bertz CT molecular complexity index is 789. The molecule has 0 atom stereocenters. The molecule has 1 heterocycles. The number of carboxylic acids is 1. The van der Waals surface area contributed by atoms with Crippen molar-refractivity contribution >= 4 is 5.97 Å². The Morgan fingerprint density at radius 1 is 1.29 bits per heavy atom. The van der Waals surface area contributed by atoms with E-state index in [2.05, 4.69) is 49.3 Å². The number of aromatic nitrogens is 2. The van der Waals surface area contributed by atoms with Crippen LogP contribution in [0.5, 0.6) is 0 Å². The zero-order valence-corrected chi connectivity index (χ0v) is 17.4. The topological polar surface area (TPSA) is 70.4 Å². The van der Waals surface area contributed by atoms with Gasteiger partial charge in [0.15, 0.2) is 0 Å². The standard InChI is InChI=1S/C22H32N4O2/c1-5-25(15-20(27)28)19-11-17(12-19)23-13-16-14-26(18-9-7-6-8-10-18)24-21(16)22(2,3)4/h6-10,14,17,19,23H,5,11-13,15H2,1-4H3,(H,27,28). The van der Waals surface area contributed by atoms with E-state index in [1.54, 1.807) is 0 Å². The van der Waals surface area contributed by atoms with Crippen molar-refractivity contribution in [2.75, 3.05) is 13.1 Å². The Morgan fingerprint density at radius 2 is 1.96 bits per heavy atom. The molecule has 1 fully saturated rings. The van der Waals surface area contributed by atoms with Crippen molar-refractivity contribution in [2.24, 2.45) is 0 Å². The van der Waals surface area contributed by atoms with Crippen LogP contribution in [0, 0.1) is 0 Å². The van der Waals surface area contributed by atoms with Crippen LogP contribution in [0.3, 0.4) is 0 Å². The largest absolute Gasteiger partial charge is 0.480 e. The number of likely N-dealkylation sites (N-methyl/N-ethyl adjacent to an activating group) is 1. The van der Waals surface area contributed by atoms with Crippen LogP contribution < -0.4 is 5.32 Å². The quantitative estimate of drug-likeness (QED) is 0.731. The van der Waals surface area contributed by atoms with Crippen molar-refractivity contribution in [3.8, 4) is 5.69 Å².